The molecule has 5 heteroatoms. The van der Waals surface area contributed by atoms with E-state index in [4.69, 9.17) is 0 Å². The van der Waals surface area contributed by atoms with Crippen LogP contribution in [0.5, 0.6) is 0 Å². The van der Waals surface area contributed by atoms with Crippen molar-refractivity contribution in [1.29, 1.82) is 0 Å². The van der Waals surface area contributed by atoms with Gasteiger partial charge in [-0.3, -0.25) is 9.59 Å². The van der Waals surface area contributed by atoms with Gasteiger partial charge in [0.25, 0.3) is 0 Å². The summed E-state index contributed by atoms with van der Waals surface area (Å²) in [5.74, 6) is -0.693. The van der Waals surface area contributed by atoms with E-state index in [9.17, 15) is 14.7 Å². The smallest absolute Gasteiger partial charge is 0.311 e. The van der Waals surface area contributed by atoms with Crippen LogP contribution in [0.3, 0.4) is 0 Å². The Morgan fingerprint density at radius 2 is 2.35 bits per heavy atom. The molecule has 1 saturated heterocycles. The number of amides is 1. The largest absolute Gasteiger partial charge is 0.481 e. The van der Waals surface area contributed by atoms with E-state index in [0.29, 0.717) is 19.5 Å². The Morgan fingerprint density at radius 1 is 1.55 bits per heavy atom. The lowest BCUT2D eigenvalue weighted by Crippen LogP contribution is -2.38. The van der Waals surface area contributed by atoms with Crippen LogP contribution in [0.1, 0.15) is 37.7 Å². The number of carboxylic acids is 1. The van der Waals surface area contributed by atoms with Crippen LogP contribution in [0, 0.1) is 11.3 Å². The quantitative estimate of drug-likeness (QED) is 0.932. The highest BCUT2D eigenvalue weighted by Crippen LogP contribution is 2.49. The molecule has 1 unspecified atom stereocenters. The highest BCUT2D eigenvalue weighted by molar-refractivity contribution is 7.08. The van der Waals surface area contributed by atoms with Crippen LogP contribution in [-0.2, 0) is 9.59 Å². The number of hydrogen-bond acceptors (Lipinski definition) is 3. The summed E-state index contributed by atoms with van der Waals surface area (Å²) in [7, 11) is 0. The van der Waals surface area contributed by atoms with Crippen molar-refractivity contribution in [2.24, 2.45) is 11.3 Å². The van der Waals surface area contributed by atoms with E-state index in [1.54, 1.807) is 16.2 Å². The lowest BCUT2D eigenvalue weighted by molar-refractivity contribution is -0.149. The Labute approximate surface area is 122 Å². The van der Waals surface area contributed by atoms with Crippen molar-refractivity contribution in [2.45, 2.75) is 32.1 Å². The zero-order valence-electron chi connectivity index (χ0n) is 11.5. The number of rotatable bonds is 3. The molecule has 20 heavy (non-hydrogen) atoms. The van der Waals surface area contributed by atoms with Crippen molar-refractivity contribution >= 4 is 23.2 Å². The molecule has 4 nitrogen and oxygen atoms in total. The SMILES string of the molecule is CC(C(=O)N1C[C@@H]2CCC[C@@]2(C(=O)O)C1)c1ccsc1. The van der Waals surface area contributed by atoms with E-state index >= 15 is 0 Å². The molecule has 108 valence electrons. The Balaban J connectivity index is 1.77. The molecule has 1 aromatic rings. The van der Waals surface area contributed by atoms with Crippen LogP contribution in [0.4, 0.5) is 0 Å². The van der Waals surface area contributed by atoms with Gasteiger partial charge in [0.2, 0.25) is 5.91 Å². The molecule has 1 N–H and O–H groups in total. The summed E-state index contributed by atoms with van der Waals surface area (Å²) in [5, 5.41) is 13.5. The Kier molecular flexibility index (Phi) is 3.32. The van der Waals surface area contributed by atoms with Gasteiger partial charge >= 0.3 is 5.97 Å². The van der Waals surface area contributed by atoms with Gasteiger partial charge in [-0.2, -0.15) is 11.3 Å². The van der Waals surface area contributed by atoms with E-state index in [-0.39, 0.29) is 17.7 Å². The lowest BCUT2D eigenvalue weighted by atomic mass is 9.81. The van der Waals surface area contributed by atoms with Gasteiger partial charge in [0.15, 0.2) is 0 Å². The molecule has 0 bridgehead atoms. The number of carboxylic acid groups (broad SMARTS) is 1. The summed E-state index contributed by atoms with van der Waals surface area (Å²) in [4.78, 5) is 26.0. The van der Waals surface area contributed by atoms with E-state index in [2.05, 4.69) is 0 Å². The van der Waals surface area contributed by atoms with Crippen molar-refractivity contribution in [2.75, 3.05) is 13.1 Å². The van der Waals surface area contributed by atoms with Gasteiger partial charge in [-0.05, 0) is 48.1 Å². The Hall–Kier alpha value is -1.36. The first-order valence-electron chi connectivity index (χ1n) is 7.09. The fourth-order valence-electron chi connectivity index (χ4n) is 3.74. The predicted molar refractivity (Wildman–Crippen MR) is 76.7 cm³/mol. The standard InChI is InChI=1S/C15H19NO3S/c1-10(11-4-6-20-8-11)13(17)16-7-12-3-2-5-15(12,9-16)14(18)19/h4,6,8,10,12H,2-3,5,7,9H2,1H3,(H,18,19)/t10?,12-,15+/m0/s1. The monoisotopic (exact) mass is 293 g/mol. The third-order valence-corrected chi connectivity index (χ3v) is 5.72. The molecule has 1 aromatic heterocycles. The summed E-state index contributed by atoms with van der Waals surface area (Å²) in [6.45, 7) is 2.91. The third-order valence-electron chi connectivity index (χ3n) is 5.02. The number of carbonyl (C=O) groups excluding carboxylic acids is 1. The van der Waals surface area contributed by atoms with Gasteiger partial charge in [-0.25, -0.2) is 0 Å². The molecular formula is C15H19NO3S. The number of carbonyl (C=O) groups is 2. The van der Waals surface area contributed by atoms with Gasteiger partial charge in [0.1, 0.15) is 0 Å². The van der Waals surface area contributed by atoms with Crippen LogP contribution in [0.25, 0.3) is 0 Å². The van der Waals surface area contributed by atoms with Crippen LogP contribution in [0.15, 0.2) is 16.8 Å². The second-order valence-electron chi connectivity index (χ2n) is 6.05. The van der Waals surface area contributed by atoms with Crippen LogP contribution >= 0.6 is 11.3 Å². The number of thiophene rings is 1. The maximum atomic E-state index is 12.6. The second-order valence-corrected chi connectivity index (χ2v) is 6.83. The molecule has 1 amide bonds. The number of likely N-dealkylation sites (tertiary alicyclic amines) is 1. The number of hydrogen-bond donors (Lipinski definition) is 1. The van der Waals surface area contributed by atoms with Crippen molar-refractivity contribution in [1.82, 2.24) is 4.90 Å². The minimum atomic E-state index is -0.724. The fourth-order valence-corrected chi connectivity index (χ4v) is 4.50. The molecule has 2 heterocycles. The fraction of sp³-hybridized carbons (Fsp3) is 0.600. The first-order chi connectivity index (χ1) is 9.54. The summed E-state index contributed by atoms with van der Waals surface area (Å²) in [6, 6.07) is 1.97. The molecule has 2 fully saturated rings. The van der Waals surface area contributed by atoms with Gasteiger partial charge < -0.3 is 10.0 Å². The van der Waals surface area contributed by atoms with E-state index < -0.39 is 11.4 Å². The van der Waals surface area contributed by atoms with Gasteiger partial charge in [-0.1, -0.05) is 6.42 Å². The van der Waals surface area contributed by atoms with Gasteiger partial charge in [-0.15, -0.1) is 0 Å². The molecule has 2 aliphatic rings. The highest BCUT2D eigenvalue weighted by atomic mass is 32.1. The Bertz CT molecular complexity index is 527. The van der Waals surface area contributed by atoms with Crippen LogP contribution < -0.4 is 0 Å². The molecule has 1 aliphatic carbocycles. The predicted octanol–water partition coefficient (Wildman–Crippen LogP) is 2.56. The molecule has 0 radical (unpaired) electrons. The summed E-state index contributed by atoms with van der Waals surface area (Å²) in [5.41, 5.74) is 0.353. The highest BCUT2D eigenvalue weighted by Gasteiger charge is 2.56. The minimum Gasteiger partial charge on any atom is -0.481 e. The molecule has 3 atom stereocenters. The average molecular weight is 293 g/mol. The first-order valence-corrected chi connectivity index (χ1v) is 8.03. The molecule has 1 aliphatic heterocycles. The molecule has 0 aromatic carbocycles. The van der Waals surface area contributed by atoms with Gasteiger partial charge in [0.05, 0.1) is 11.3 Å². The number of nitrogens with zero attached hydrogens (tertiary/aromatic N) is 1. The topological polar surface area (TPSA) is 57.6 Å². The summed E-state index contributed by atoms with van der Waals surface area (Å²) < 4.78 is 0. The molecule has 3 rings (SSSR count). The summed E-state index contributed by atoms with van der Waals surface area (Å²) >= 11 is 1.58. The normalized spacial score (nSPS) is 30.2. The second kappa shape index (κ2) is 4.88. The third kappa shape index (κ3) is 1.95. The number of fused-ring (bicyclic) bond motifs is 1. The van der Waals surface area contributed by atoms with E-state index in [1.807, 2.05) is 23.8 Å². The molecular weight excluding hydrogens is 274 g/mol. The molecule has 0 spiro atoms. The number of aliphatic carboxylic acids is 1. The van der Waals surface area contributed by atoms with E-state index in [1.165, 1.54) is 0 Å². The zero-order chi connectivity index (χ0) is 14.3. The maximum absolute atomic E-state index is 12.6. The summed E-state index contributed by atoms with van der Waals surface area (Å²) in [6.07, 6.45) is 2.62. The van der Waals surface area contributed by atoms with Crippen molar-refractivity contribution in [3.05, 3.63) is 22.4 Å². The zero-order valence-corrected chi connectivity index (χ0v) is 12.4. The lowest BCUT2D eigenvalue weighted by Gasteiger charge is -2.24. The minimum absolute atomic E-state index is 0.0680. The first kappa shape index (κ1) is 13.6. The van der Waals surface area contributed by atoms with Gasteiger partial charge in [0, 0.05) is 13.1 Å². The van der Waals surface area contributed by atoms with Crippen LogP contribution in [-0.4, -0.2) is 35.0 Å². The van der Waals surface area contributed by atoms with Crippen molar-refractivity contribution in [3.63, 3.8) is 0 Å². The van der Waals surface area contributed by atoms with Crippen LogP contribution in [0.2, 0.25) is 0 Å². The van der Waals surface area contributed by atoms with Crippen molar-refractivity contribution in [3.8, 4) is 0 Å². The average Bonchev–Trinajstić information content (AvgIpc) is 3.11. The Morgan fingerprint density at radius 3 is 2.95 bits per heavy atom. The van der Waals surface area contributed by atoms with Crippen molar-refractivity contribution < 1.29 is 14.7 Å². The molecule has 1 saturated carbocycles. The maximum Gasteiger partial charge on any atom is 0.311 e. The van der Waals surface area contributed by atoms with E-state index in [0.717, 1.165) is 18.4 Å².